The first-order valence-corrected chi connectivity index (χ1v) is 10.7. The van der Waals surface area contributed by atoms with Gasteiger partial charge in [-0.3, -0.25) is 9.59 Å². The van der Waals surface area contributed by atoms with Crippen LogP contribution in [0.3, 0.4) is 0 Å². The maximum absolute atomic E-state index is 12.8. The van der Waals surface area contributed by atoms with Crippen molar-refractivity contribution in [1.29, 1.82) is 0 Å². The van der Waals surface area contributed by atoms with Gasteiger partial charge in [0.15, 0.2) is 19.0 Å². The van der Waals surface area contributed by atoms with Crippen molar-refractivity contribution in [2.75, 3.05) is 25.2 Å². The van der Waals surface area contributed by atoms with Gasteiger partial charge in [-0.1, -0.05) is 30.3 Å². The summed E-state index contributed by atoms with van der Waals surface area (Å²) in [5.74, 6) is 0.557. The van der Waals surface area contributed by atoms with Crippen molar-refractivity contribution in [3.05, 3.63) is 88.3 Å². The lowest BCUT2D eigenvalue weighted by Crippen LogP contribution is -2.35. The SMILES string of the molecule is Cc1c(OCC(=O)c2ccc3c(c2)N(C)C(=O)CO3)ccc2c(-c3ccccc3)cc(=O)oc12. The Kier molecular flexibility index (Phi) is 5.37. The molecular weight excluding hydrogens is 434 g/mol. The molecule has 7 heteroatoms. The van der Waals surface area contributed by atoms with E-state index in [2.05, 4.69) is 0 Å². The Balaban J connectivity index is 1.42. The predicted octanol–water partition coefficient (Wildman–Crippen LogP) is 4.39. The number of Topliss-reactive ketones (excluding diaryl/α,β-unsaturated/α-hetero) is 1. The zero-order chi connectivity index (χ0) is 23.8. The summed E-state index contributed by atoms with van der Waals surface area (Å²) in [4.78, 5) is 38.4. The molecule has 0 spiro atoms. The third-order valence-electron chi connectivity index (χ3n) is 5.92. The van der Waals surface area contributed by atoms with Gasteiger partial charge in [0.2, 0.25) is 0 Å². The van der Waals surface area contributed by atoms with E-state index in [4.69, 9.17) is 13.9 Å². The fourth-order valence-electron chi connectivity index (χ4n) is 4.03. The second kappa shape index (κ2) is 8.51. The molecule has 1 aromatic heterocycles. The smallest absolute Gasteiger partial charge is 0.336 e. The van der Waals surface area contributed by atoms with Crippen LogP contribution in [-0.2, 0) is 4.79 Å². The number of fused-ring (bicyclic) bond motifs is 2. The van der Waals surface area contributed by atoms with Gasteiger partial charge >= 0.3 is 5.63 Å². The van der Waals surface area contributed by atoms with Crippen LogP contribution in [-0.4, -0.2) is 32.0 Å². The van der Waals surface area contributed by atoms with Crippen LogP contribution in [0.25, 0.3) is 22.1 Å². The molecule has 1 aliphatic heterocycles. The Morgan fingerprint density at radius 2 is 1.82 bits per heavy atom. The number of carbonyl (C=O) groups excluding carboxylic acids is 2. The van der Waals surface area contributed by atoms with E-state index in [0.717, 1.165) is 16.5 Å². The van der Waals surface area contributed by atoms with Crippen LogP contribution < -0.4 is 20.0 Å². The number of benzene rings is 3. The van der Waals surface area contributed by atoms with Gasteiger partial charge in [0.1, 0.15) is 17.1 Å². The molecule has 0 aliphatic carbocycles. The van der Waals surface area contributed by atoms with Gasteiger partial charge in [0.05, 0.1) is 5.69 Å². The Morgan fingerprint density at radius 1 is 1.03 bits per heavy atom. The van der Waals surface area contributed by atoms with Crippen molar-refractivity contribution in [2.45, 2.75) is 6.92 Å². The van der Waals surface area contributed by atoms with E-state index in [9.17, 15) is 14.4 Å². The molecule has 0 saturated heterocycles. The molecule has 34 heavy (non-hydrogen) atoms. The number of anilines is 1. The molecule has 0 radical (unpaired) electrons. The fourth-order valence-corrected chi connectivity index (χ4v) is 4.03. The van der Waals surface area contributed by atoms with Crippen molar-refractivity contribution in [1.82, 2.24) is 0 Å². The van der Waals surface area contributed by atoms with Crippen LogP contribution in [0.2, 0.25) is 0 Å². The second-order valence-corrected chi connectivity index (χ2v) is 8.05. The maximum Gasteiger partial charge on any atom is 0.336 e. The van der Waals surface area contributed by atoms with Crippen LogP contribution >= 0.6 is 0 Å². The molecule has 1 amide bonds. The van der Waals surface area contributed by atoms with Gasteiger partial charge in [0.25, 0.3) is 5.91 Å². The summed E-state index contributed by atoms with van der Waals surface area (Å²) in [5, 5.41) is 0.782. The zero-order valence-electron chi connectivity index (χ0n) is 18.7. The molecule has 3 aromatic carbocycles. The highest BCUT2D eigenvalue weighted by Crippen LogP contribution is 2.34. The Morgan fingerprint density at radius 3 is 2.62 bits per heavy atom. The van der Waals surface area contributed by atoms with Crippen LogP contribution in [0.4, 0.5) is 5.69 Å². The molecule has 2 heterocycles. The number of rotatable bonds is 5. The van der Waals surface area contributed by atoms with Gasteiger partial charge in [-0.25, -0.2) is 4.79 Å². The van der Waals surface area contributed by atoms with E-state index in [1.807, 2.05) is 36.4 Å². The molecule has 4 aromatic rings. The first kappa shape index (κ1) is 21.5. The minimum atomic E-state index is -0.461. The highest BCUT2D eigenvalue weighted by molar-refractivity contribution is 6.02. The monoisotopic (exact) mass is 455 g/mol. The standard InChI is InChI=1S/C27H21NO6/c1-16-23(11-9-19-20(13-26(31)34-27(16)19)17-6-4-3-5-7-17)32-14-22(29)18-8-10-24-21(12-18)28(2)25(30)15-33-24/h3-13H,14-15H2,1-2H3. The predicted molar refractivity (Wildman–Crippen MR) is 128 cm³/mol. The van der Waals surface area contributed by atoms with Gasteiger partial charge in [-0.15, -0.1) is 0 Å². The normalized spacial score (nSPS) is 12.9. The molecule has 0 N–H and O–H groups in total. The summed E-state index contributed by atoms with van der Waals surface area (Å²) in [5.41, 5.74) is 3.21. The number of likely N-dealkylation sites (N-methyl/N-ethyl adjacent to an activating group) is 1. The van der Waals surface area contributed by atoms with Crippen molar-refractivity contribution < 1.29 is 23.5 Å². The number of hydrogen-bond donors (Lipinski definition) is 0. The maximum atomic E-state index is 12.8. The van der Waals surface area contributed by atoms with E-state index in [0.29, 0.717) is 33.9 Å². The third-order valence-corrected chi connectivity index (χ3v) is 5.92. The molecular formula is C27H21NO6. The minimum absolute atomic E-state index is 0.0245. The van der Waals surface area contributed by atoms with Crippen molar-refractivity contribution in [3.8, 4) is 22.6 Å². The largest absolute Gasteiger partial charge is 0.485 e. The molecule has 0 atom stereocenters. The Hall–Kier alpha value is -4.39. The number of carbonyl (C=O) groups is 2. The average molecular weight is 455 g/mol. The quantitative estimate of drug-likeness (QED) is 0.328. The van der Waals surface area contributed by atoms with Gasteiger partial charge < -0.3 is 18.8 Å². The van der Waals surface area contributed by atoms with E-state index in [1.165, 1.54) is 11.0 Å². The van der Waals surface area contributed by atoms with Crippen LogP contribution in [0, 0.1) is 6.92 Å². The lowest BCUT2D eigenvalue weighted by atomic mass is 10.0. The molecule has 0 fully saturated rings. The van der Waals surface area contributed by atoms with Crippen LogP contribution in [0.5, 0.6) is 11.5 Å². The summed E-state index contributed by atoms with van der Waals surface area (Å²) in [7, 11) is 1.64. The van der Waals surface area contributed by atoms with Crippen molar-refractivity contribution in [2.24, 2.45) is 0 Å². The summed E-state index contributed by atoms with van der Waals surface area (Å²) >= 11 is 0. The lowest BCUT2D eigenvalue weighted by Gasteiger charge is -2.26. The second-order valence-electron chi connectivity index (χ2n) is 8.05. The van der Waals surface area contributed by atoms with Crippen molar-refractivity contribution >= 4 is 28.3 Å². The summed E-state index contributed by atoms with van der Waals surface area (Å²) in [6, 6.07) is 19.6. The molecule has 5 rings (SSSR count). The zero-order valence-corrected chi connectivity index (χ0v) is 18.7. The van der Waals surface area contributed by atoms with Gasteiger partial charge in [0, 0.05) is 29.6 Å². The first-order chi connectivity index (χ1) is 16.4. The van der Waals surface area contributed by atoms with Crippen LogP contribution in [0.1, 0.15) is 15.9 Å². The summed E-state index contributed by atoms with van der Waals surface area (Å²) in [6.07, 6.45) is 0. The molecule has 1 aliphatic rings. The third kappa shape index (κ3) is 3.81. The molecule has 0 unspecified atom stereocenters. The number of nitrogens with zero attached hydrogens (tertiary/aromatic N) is 1. The Bertz CT molecular complexity index is 1490. The van der Waals surface area contributed by atoms with E-state index in [1.54, 1.807) is 38.2 Å². The highest BCUT2D eigenvalue weighted by Gasteiger charge is 2.23. The average Bonchev–Trinajstić information content (AvgIpc) is 2.86. The first-order valence-electron chi connectivity index (χ1n) is 10.7. The number of aryl methyl sites for hydroxylation is 1. The lowest BCUT2D eigenvalue weighted by molar-refractivity contribution is -0.120. The van der Waals surface area contributed by atoms with Gasteiger partial charge in [-0.2, -0.15) is 0 Å². The Labute approximate surface area is 195 Å². The number of amides is 1. The van der Waals surface area contributed by atoms with E-state index >= 15 is 0 Å². The molecule has 7 nitrogen and oxygen atoms in total. The summed E-state index contributed by atoms with van der Waals surface area (Å²) in [6.45, 7) is 1.55. The molecule has 0 saturated carbocycles. The van der Waals surface area contributed by atoms with E-state index < -0.39 is 5.63 Å². The fraction of sp³-hybridized carbons (Fsp3) is 0.148. The topological polar surface area (TPSA) is 86.0 Å². The van der Waals surface area contributed by atoms with Crippen molar-refractivity contribution in [3.63, 3.8) is 0 Å². The van der Waals surface area contributed by atoms with Gasteiger partial charge in [-0.05, 0) is 48.4 Å². The summed E-state index contributed by atoms with van der Waals surface area (Å²) < 4.78 is 16.7. The number of ketones is 1. The highest BCUT2D eigenvalue weighted by atomic mass is 16.5. The van der Waals surface area contributed by atoms with Crippen LogP contribution in [0.15, 0.2) is 75.9 Å². The number of ether oxygens (including phenoxy) is 2. The van der Waals surface area contributed by atoms with E-state index in [-0.39, 0.29) is 24.9 Å². The minimum Gasteiger partial charge on any atom is -0.485 e. The molecule has 170 valence electrons. The molecule has 0 bridgehead atoms. The number of hydrogen-bond acceptors (Lipinski definition) is 6.